The van der Waals surface area contributed by atoms with E-state index >= 15 is 0 Å². The Morgan fingerprint density at radius 2 is 2.17 bits per heavy atom. The molecule has 1 aromatic rings. The third kappa shape index (κ3) is 2.21. The number of nitrogen functional groups attached to an aromatic ring is 2. The summed E-state index contributed by atoms with van der Waals surface area (Å²) in [6.07, 6.45) is 1.29. The molecule has 12 heavy (non-hydrogen) atoms. The summed E-state index contributed by atoms with van der Waals surface area (Å²) in [5, 5.41) is 7.05. The number of halogens is 2. The molecule has 0 aliphatic heterocycles. The maximum absolute atomic E-state index is 7.00. The van der Waals surface area contributed by atoms with Crippen molar-refractivity contribution in [3.63, 3.8) is 0 Å². The molecule has 0 aliphatic carbocycles. The van der Waals surface area contributed by atoms with Crippen LogP contribution < -0.4 is 11.5 Å². The van der Waals surface area contributed by atoms with Crippen molar-refractivity contribution in [2.75, 3.05) is 5.73 Å². The maximum Gasteiger partial charge on any atom is 0.160 e. The molecular formula is C5H7Cl2N5. The highest BCUT2D eigenvalue weighted by molar-refractivity contribution is 6.32. The fourth-order valence-electron chi connectivity index (χ4n) is 0.560. The molecule has 66 valence electrons. The fourth-order valence-corrected chi connectivity index (χ4v) is 0.808. The minimum atomic E-state index is -0.220. The molecule has 0 aromatic carbocycles. The highest BCUT2D eigenvalue weighted by Crippen LogP contribution is 2.10. The smallest absolute Gasteiger partial charge is 0.160 e. The average molecular weight is 208 g/mol. The molecule has 0 amide bonds. The maximum atomic E-state index is 7.00. The zero-order chi connectivity index (χ0) is 8.43. The van der Waals surface area contributed by atoms with E-state index in [1.807, 2.05) is 0 Å². The first kappa shape index (κ1) is 10.9. The Morgan fingerprint density at radius 3 is 2.58 bits per heavy atom. The molecule has 0 fully saturated rings. The lowest BCUT2D eigenvalue weighted by atomic mass is 10.4. The van der Waals surface area contributed by atoms with Crippen LogP contribution in [0.4, 0.5) is 5.82 Å². The first-order valence-corrected chi connectivity index (χ1v) is 3.11. The van der Waals surface area contributed by atoms with Crippen LogP contribution in [0.1, 0.15) is 5.69 Å². The molecule has 0 radical (unpaired) electrons. The molecule has 0 aliphatic rings. The lowest BCUT2D eigenvalue weighted by molar-refractivity contribution is 1.17. The summed E-state index contributed by atoms with van der Waals surface area (Å²) in [5.41, 5.74) is 10.5. The number of nitrogens with two attached hydrogens (primary N) is 2. The third-order valence-electron chi connectivity index (χ3n) is 1.00. The quantitative estimate of drug-likeness (QED) is 0.459. The van der Waals surface area contributed by atoms with E-state index in [9.17, 15) is 0 Å². The Hall–Kier alpha value is -1.07. The molecule has 0 bridgehead atoms. The van der Waals surface area contributed by atoms with Gasteiger partial charge in [-0.15, -0.1) is 12.4 Å². The second kappa shape index (κ2) is 4.08. The zero-order valence-corrected chi connectivity index (χ0v) is 7.49. The van der Waals surface area contributed by atoms with Crippen molar-refractivity contribution < 1.29 is 0 Å². The predicted molar refractivity (Wildman–Crippen MR) is 49.7 cm³/mol. The van der Waals surface area contributed by atoms with Gasteiger partial charge in [0.1, 0.15) is 17.3 Å². The van der Waals surface area contributed by atoms with Gasteiger partial charge in [-0.1, -0.05) is 11.6 Å². The Kier molecular flexibility index (Phi) is 3.72. The normalized spacial score (nSPS) is 8.75. The van der Waals surface area contributed by atoms with Crippen LogP contribution in [0.25, 0.3) is 0 Å². The van der Waals surface area contributed by atoms with Crippen LogP contribution in [-0.4, -0.2) is 15.8 Å². The SMILES string of the molecule is Cl.N=C(N)c1ncc(N)nc1Cl. The third-order valence-corrected chi connectivity index (χ3v) is 1.27. The predicted octanol–water partition coefficient (Wildman–Crippen LogP) is 0.418. The Labute approximate surface area is 80.1 Å². The number of hydrogen-bond donors (Lipinski definition) is 3. The molecule has 0 saturated heterocycles. The largest absolute Gasteiger partial charge is 0.382 e. The van der Waals surface area contributed by atoms with E-state index in [4.69, 9.17) is 28.5 Å². The molecule has 1 rings (SSSR count). The van der Waals surface area contributed by atoms with Gasteiger partial charge in [0, 0.05) is 0 Å². The minimum absolute atomic E-state index is 0. The van der Waals surface area contributed by atoms with E-state index in [0.29, 0.717) is 0 Å². The standard InChI is InChI=1S/C5H6ClN5.ClH/c6-4-3(5(8)9)10-1-2(7)11-4;/h1H,(H2,7,11)(H3,8,9);1H. The van der Waals surface area contributed by atoms with Crippen LogP contribution in [-0.2, 0) is 0 Å². The summed E-state index contributed by atoms with van der Waals surface area (Å²) in [4.78, 5) is 7.36. The van der Waals surface area contributed by atoms with Crippen molar-refractivity contribution in [2.45, 2.75) is 0 Å². The molecule has 5 N–H and O–H groups in total. The highest BCUT2D eigenvalue weighted by Gasteiger charge is 2.05. The molecule has 0 saturated carbocycles. The number of nitrogens with one attached hydrogen (secondary N) is 1. The van der Waals surface area contributed by atoms with Crippen molar-refractivity contribution in [3.05, 3.63) is 17.0 Å². The molecule has 5 nitrogen and oxygen atoms in total. The van der Waals surface area contributed by atoms with E-state index in [1.165, 1.54) is 6.20 Å². The zero-order valence-electron chi connectivity index (χ0n) is 5.91. The van der Waals surface area contributed by atoms with Gasteiger partial charge in [0.25, 0.3) is 0 Å². The van der Waals surface area contributed by atoms with E-state index in [-0.39, 0.29) is 34.9 Å². The fraction of sp³-hybridized carbons (Fsp3) is 0. The summed E-state index contributed by atoms with van der Waals surface area (Å²) >= 11 is 5.55. The van der Waals surface area contributed by atoms with Crippen LogP contribution in [0.2, 0.25) is 5.15 Å². The van der Waals surface area contributed by atoms with E-state index < -0.39 is 0 Å². The van der Waals surface area contributed by atoms with Gasteiger partial charge in [-0.05, 0) is 0 Å². The number of nitrogens with zero attached hydrogens (tertiary/aromatic N) is 2. The number of hydrogen-bond acceptors (Lipinski definition) is 4. The number of rotatable bonds is 1. The van der Waals surface area contributed by atoms with Crippen LogP contribution in [0.15, 0.2) is 6.20 Å². The van der Waals surface area contributed by atoms with Crippen LogP contribution in [0.3, 0.4) is 0 Å². The first-order valence-electron chi connectivity index (χ1n) is 2.73. The van der Waals surface area contributed by atoms with Gasteiger partial charge < -0.3 is 11.5 Å². The van der Waals surface area contributed by atoms with Crippen molar-refractivity contribution in [1.82, 2.24) is 9.97 Å². The second-order valence-corrected chi connectivity index (χ2v) is 2.21. The number of anilines is 1. The summed E-state index contributed by atoms with van der Waals surface area (Å²) in [5.74, 6) is -0.0116. The number of amidine groups is 1. The lowest BCUT2D eigenvalue weighted by Gasteiger charge is -1.99. The molecule has 0 unspecified atom stereocenters. The topological polar surface area (TPSA) is 102 Å². The Morgan fingerprint density at radius 1 is 1.58 bits per heavy atom. The summed E-state index contributed by atoms with van der Waals surface area (Å²) in [6, 6.07) is 0. The van der Waals surface area contributed by atoms with E-state index in [2.05, 4.69) is 9.97 Å². The van der Waals surface area contributed by atoms with Gasteiger partial charge in [0.05, 0.1) is 6.20 Å². The second-order valence-electron chi connectivity index (χ2n) is 1.85. The van der Waals surface area contributed by atoms with Gasteiger partial charge in [-0.25, -0.2) is 9.97 Å². The summed E-state index contributed by atoms with van der Waals surface area (Å²) in [7, 11) is 0. The summed E-state index contributed by atoms with van der Waals surface area (Å²) in [6.45, 7) is 0. The molecular weight excluding hydrogens is 201 g/mol. The van der Waals surface area contributed by atoms with Crippen LogP contribution in [0.5, 0.6) is 0 Å². The molecule has 7 heteroatoms. The van der Waals surface area contributed by atoms with Crippen LogP contribution in [0, 0.1) is 5.41 Å². The van der Waals surface area contributed by atoms with E-state index in [1.54, 1.807) is 0 Å². The van der Waals surface area contributed by atoms with Crippen molar-refractivity contribution in [2.24, 2.45) is 5.73 Å². The Balaban J connectivity index is 0.00000121. The van der Waals surface area contributed by atoms with Crippen molar-refractivity contribution in [1.29, 1.82) is 5.41 Å². The Bertz CT molecular complexity index is 300. The van der Waals surface area contributed by atoms with Crippen molar-refractivity contribution >= 4 is 35.7 Å². The minimum Gasteiger partial charge on any atom is -0.382 e. The van der Waals surface area contributed by atoms with Gasteiger partial charge in [0.2, 0.25) is 0 Å². The summed E-state index contributed by atoms with van der Waals surface area (Å²) < 4.78 is 0. The van der Waals surface area contributed by atoms with Gasteiger partial charge in [-0.3, -0.25) is 5.41 Å². The molecule has 0 atom stereocenters. The first-order chi connectivity index (χ1) is 5.11. The van der Waals surface area contributed by atoms with Gasteiger partial charge >= 0.3 is 0 Å². The van der Waals surface area contributed by atoms with Crippen LogP contribution >= 0.6 is 24.0 Å². The van der Waals surface area contributed by atoms with Gasteiger partial charge in [-0.2, -0.15) is 0 Å². The monoisotopic (exact) mass is 207 g/mol. The molecule has 0 spiro atoms. The average Bonchev–Trinajstić information content (AvgIpc) is 1.85. The van der Waals surface area contributed by atoms with Crippen molar-refractivity contribution in [3.8, 4) is 0 Å². The lowest BCUT2D eigenvalue weighted by Crippen LogP contribution is -2.14. The molecule has 1 heterocycles. The number of aromatic nitrogens is 2. The molecule has 1 aromatic heterocycles. The van der Waals surface area contributed by atoms with Gasteiger partial charge in [0.15, 0.2) is 5.15 Å². The van der Waals surface area contributed by atoms with E-state index in [0.717, 1.165) is 0 Å². The highest BCUT2D eigenvalue weighted by atomic mass is 35.5.